The lowest BCUT2D eigenvalue weighted by Crippen LogP contribution is -2.34. The zero-order valence-corrected chi connectivity index (χ0v) is 16.6. The maximum Gasteiger partial charge on any atom is 0.225 e. The van der Waals surface area contributed by atoms with E-state index in [2.05, 4.69) is 10.3 Å². The number of hydrogen-bond donors (Lipinski definition) is 1. The van der Waals surface area contributed by atoms with Gasteiger partial charge in [0.2, 0.25) is 11.8 Å². The molecule has 1 aromatic carbocycles. The molecule has 0 radical (unpaired) electrons. The number of carbonyl (C=O) groups excluding carboxylic acids is 2. The minimum absolute atomic E-state index is 0.0242. The standard InChI is InChI=1S/C19H21N3O2S2/c1-12(19-21-14-7-4-5-8-17(14)26-19)22(3)18(24)11-15(20-13(2)23)16-9-6-10-25-16/h4-10,12,15H,11H2,1-3H3,(H,20,23)/t12-,15+/m0/s1. The summed E-state index contributed by atoms with van der Waals surface area (Å²) in [6.07, 6.45) is 0.228. The molecule has 0 bridgehead atoms. The van der Waals surface area contributed by atoms with Crippen molar-refractivity contribution in [1.82, 2.24) is 15.2 Å². The number of thiazole rings is 1. The van der Waals surface area contributed by atoms with Crippen LogP contribution in [0.15, 0.2) is 41.8 Å². The Morgan fingerprint density at radius 2 is 2.00 bits per heavy atom. The highest BCUT2D eigenvalue weighted by Crippen LogP contribution is 2.30. The average molecular weight is 388 g/mol. The molecule has 3 aromatic rings. The van der Waals surface area contributed by atoms with E-state index in [1.54, 1.807) is 23.3 Å². The molecule has 0 saturated carbocycles. The van der Waals surface area contributed by atoms with Gasteiger partial charge in [0.1, 0.15) is 5.01 Å². The van der Waals surface area contributed by atoms with Gasteiger partial charge in [-0.1, -0.05) is 18.2 Å². The molecule has 3 rings (SSSR count). The van der Waals surface area contributed by atoms with Gasteiger partial charge in [-0.2, -0.15) is 0 Å². The summed E-state index contributed by atoms with van der Waals surface area (Å²) >= 11 is 3.14. The Balaban J connectivity index is 1.73. The number of amides is 2. The molecule has 7 heteroatoms. The van der Waals surface area contributed by atoms with Gasteiger partial charge in [0.05, 0.1) is 28.7 Å². The average Bonchev–Trinajstić information content (AvgIpc) is 3.28. The molecular formula is C19H21N3O2S2. The highest BCUT2D eigenvalue weighted by Gasteiger charge is 2.25. The second kappa shape index (κ2) is 7.97. The van der Waals surface area contributed by atoms with Crippen LogP contribution >= 0.6 is 22.7 Å². The minimum Gasteiger partial charge on any atom is -0.348 e. The predicted molar refractivity (Wildman–Crippen MR) is 106 cm³/mol. The highest BCUT2D eigenvalue weighted by molar-refractivity contribution is 7.18. The molecule has 0 unspecified atom stereocenters. The second-order valence-electron chi connectivity index (χ2n) is 6.17. The fraction of sp³-hybridized carbons (Fsp3) is 0.316. The summed E-state index contributed by atoms with van der Waals surface area (Å²) in [5.41, 5.74) is 0.954. The van der Waals surface area contributed by atoms with Crippen LogP contribution in [-0.2, 0) is 9.59 Å². The van der Waals surface area contributed by atoms with Crippen molar-refractivity contribution in [3.63, 3.8) is 0 Å². The number of benzene rings is 1. The Morgan fingerprint density at radius 3 is 2.65 bits per heavy atom. The first-order valence-corrected chi connectivity index (χ1v) is 10.1. The molecule has 0 spiro atoms. The lowest BCUT2D eigenvalue weighted by molar-refractivity contribution is -0.132. The molecule has 136 valence electrons. The van der Waals surface area contributed by atoms with Crippen molar-refractivity contribution in [2.75, 3.05) is 7.05 Å². The quantitative estimate of drug-likeness (QED) is 0.691. The van der Waals surface area contributed by atoms with Crippen LogP contribution in [0.4, 0.5) is 0 Å². The van der Waals surface area contributed by atoms with Crippen molar-refractivity contribution in [3.05, 3.63) is 51.7 Å². The molecule has 0 fully saturated rings. The SMILES string of the molecule is CC(=O)N[C@H](CC(=O)N(C)[C@@H](C)c1nc2ccccc2s1)c1cccs1. The molecule has 1 N–H and O–H groups in total. The van der Waals surface area contributed by atoms with Crippen molar-refractivity contribution >= 4 is 44.7 Å². The molecule has 0 aliphatic rings. The Labute approximate surface area is 160 Å². The zero-order valence-electron chi connectivity index (χ0n) is 14.9. The fourth-order valence-corrected chi connectivity index (χ4v) is 4.57. The second-order valence-corrected chi connectivity index (χ2v) is 8.21. The van der Waals surface area contributed by atoms with E-state index in [0.717, 1.165) is 20.1 Å². The molecular weight excluding hydrogens is 366 g/mol. The number of rotatable bonds is 6. The fourth-order valence-electron chi connectivity index (χ4n) is 2.73. The third kappa shape index (κ3) is 4.11. The summed E-state index contributed by atoms with van der Waals surface area (Å²) in [5.74, 6) is -0.165. The summed E-state index contributed by atoms with van der Waals surface area (Å²) in [7, 11) is 1.79. The van der Waals surface area contributed by atoms with Gasteiger partial charge in [0, 0.05) is 18.8 Å². The maximum absolute atomic E-state index is 12.8. The van der Waals surface area contributed by atoms with Gasteiger partial charge in [0.25, 0.3) is 0 Å². The number of aromatic nitrogens is 1. The number of carbonyl (C=O) groups is 2. The van der Waals surface area contributed by atoms with Gasteiger partial charge >= 0.3 is 0 Å². The summed E-state index contributed by atoms with van der Waals surface area (Å²) < 4.78 is 1.12. The first-order chi connectivity index (χ1) is 12.5. The zero-order chi connectivity index (χ0) is 18.7. The van der Waals surface area contributed by atoms with Gasteiger partial charge in [-0.3, -0.25) is 9.59 Å². The third-order valence-electron chi connectivity index (χ3n) is 4.29. The smallest absolute Gasteiger partial charge is 0.225 e. The van der Waals surface area contributed by atoms with Crippen molar-refractivity contribution in [2.45, 2.75) is 32.4 Å². The molecule has 2 atom stereocenters. The number of hydrogen-bond acceptors (Lipinski definition) is 5. The molecule has 0 saturated heterocycles. The van der Waals surface area contributed by atoms with E-state index in [9.17, 15) is 9.59 Å². The Morgan fingerprint density at radius 1 is 1.23 bits per heavy atom. The Hall–Kier alpha value is -2.25. The first kappa shape index (κ1) is 18.5. The normalized spacial score (nSPS) is 13.3. The summed E-state index contributed by atoms with van der Waals surface area (Å²) in [6.45, 7) is 3.45. The van der Waals surface area contributed by atoms with E-state index in [4.69, 9.17) is 0 Å². The molecule has 26 heavy (non-hydrogen) atoms. The van der Waals surface area contributed by atoms with Gasteiger partial charge in [0.15, 0.2) is 0 Å². The Kier molecular flexibility index (Phi) is 5.68. The van der Waals surface area contributed by atoms with E-state index < -0.39 is 0 Å². The van der Waals surface area contributed by atoms with E-state index in [-0.39, 0.29) is 30.3 Å². The first-order valence-electron chi connectivity index (χ1n) is 8.37. The lowest BCUT2D eigenvalue weighted by atomic mass is 10.1. The van der Waals surface area contributed by atoms with Crippen molar-refractivity contribution in [3.8, 4) is 0 Å². The van der Waals surface area contributed by atoms with Crippen LogP contribution in [0.1, 0.15) is 42.2 Å². The number of nitrogens with one attached hydrogen (secondary N) is 1. The van der Waals surface area contributed by atoms with Crippen LogP contribution < -0.4 is 5.32 Å². The number of nitrogens with zero attached hydrogens (tertiary/aromatic N) is 2. The van der Waals surface area contributed by atoms with Crippen LogP contribution in [0.2, 0.25) is 0 Å². The van der Waals surface area contributed by atoms with Crippen LogP contribution in [0, 0.1) is 0 Å². The molecule has 5 nitrogen and oxygen atoms in total. The number of fused-ring (bicyclic) bond motifs is 1. The van der Waals surface area contributed by atoms with Crippen LogP contribution in [0.3, 0.4) is 0 Å². The minimum atomic E-state index is -0.301. The van der Waals surface area contributed by atoms with Gasteiger partial charge in [-0.15, -0.1) is 22.7 Å². The van der Waals surface area contributed by atoms with E-state index in [1.807, 2.05) is 48.7 Å². The summed E-state index contributed by atoms with van der Waals surface area (Å²) in [6, 6.07) is 11.4. The molecule has 2 heterocycles. The summed E-state index contributed by atoms with van der Waals surface area (Å²) in [5, 5.41) is 5.74. The van der Waals surface area contributed by atoms with Crippen molar-refractivity contribution < 1.29 is 9.59 Å². The molecule has 0 aliphatic heterocycles. The third-order valence-corrected chi connectivity index (χ3v) is 6.48. The van der Waals surface area contributed by atoms with Crippen LogP contribution in [-0.4, -0.2) is 28.7 Å². The topological polar surface area (TPSA) is 62.3 Å². The number of thiophene rings is 1. The van der Waals surface area contributed by atoms with Crippen LogP contribution in [0.25, 0.3) is 10.2 Å². The van der Waals surface area contributed by atoms with Crippen molar-refractivity contribution in [1.29, 1.82) is 0 Å². The molecule has 0 aliphatic carbocycles. The van der Waals surface area contributed by atoms with Crippen LogP contribution in [0.5, 0.6) is 0 Å². The van der Waals surface area contributed by atoms with Crippen molar-refractivity contribution in [2.24, 2.45) is 0 Å². The van der Waals surface area contributed by atoms with E-state index >= 15 is 0 Å². The van der Waals surface area contributed by atoms with Gasteiger partial charge in [-0.05, 0) is 30.5 Å². The van der Waals surface area contributed by atoms with Gasteiger partial charge < -0.3 is 10.2 Å². The maximum atomic E-state index is 12.8. The molecule has 2 amide bonds. The predicted octanol–water partition coefficient (Wildman–Crippen LogP) is 4.14. The lowest BCUT2D eigenvalue weighted by Gasteiger charge is -2.25. The monoisotopic (exact) mass is 387 g/mol. The van der Waals surface area contributed by atoms with E-state index in [0.29, 0.717) is 0 Å². The highest BCUT2D eigenvalue weighted by atomic mass is 32.1. The number of para-hydroxylation sites is 1. The molecule has 2 aromatic heterocycles. The summed E-state index contributed by atoms with van der Waals surface area (Å²) in [4.78, 5) is 31.7. The van der Waals surface area contributed by atoms with Gasteiger partial charge in [-0.25, -0.2) is 4.98 Å². The Bertz CT molecular complexity index is 872. The largest absolute Gasteiger partial charge is 0.348 e. The van der Waals surface area contributed by atoms with E-state index in [1.165, 1.54) is 18.3 Å².